The number of amides is 1. The van der Waals surface area contributed by atoms with Gasteiger partial charge in [-0.3, -0.25) is 48.6 Å². The maximum Gasteiger partial charge on any atom is 0.323 e. The van der Waals surface area contributed by atoms with E-state index in [2.05, 4.69) is 54.0 Å². The summed E-state index contributed by atoms with van der Waals surface area (Å²) in [5.74, 6) is -1.40. The van der Waals surface area contributed by atoms with Crippen LogP contribution in [0.2, 0.25) is 18.1 Å². The molecule has 2 fully saturated rings. The van der Waals surface area contributed by atoms with Gasteiger partial charge in [0, 0.05) is 102 Å². The highest BCUT2D eigenvalue weighted by Crippen LogP contribution is 2.39. The maximum atomic E-state index is 14.2. The molecule has 0 bridgehead atoms. The van der Waals surface area contributed by atoms with Crippen LogP contribution in [-0.2, 0) is 49.3 Å². The summed E-state index contributed by atoms with van der Waals surface area (Å²) < 4.78 is 22.7. The monoisotopic (exact) mass is 1040 g/mol. The molecule has 73 heavy (non-hydrogen) atoms. The number of aromatic nitrogens is 1. The van der Waals surface area contributed by atoms with Gasteiger partial charge >= 0.3 is 23.9 Å². The smallest absolute Gasteiger partial charge is 0.323 e. The van der Waals surface area contributed by atoms with Gasteiger partial charge in [-0.1, -0.05) is 79.4 Å². The number of piperazine rings is 1. The first kappa shape index (κ1) is 61.3. The molecule has 17 nitrogen and oxygen atoms in total. The second-order valence-corrected chi connectivity index (χ2v) is 25.6. The van der Waals surface area contributed by atoms with Gasteiger partial charge in [0.1, 0.15) is 6.04 Å². The quantitative estimate of drug-likeness (QED) is 0.0421. The molecule has 2 saturated heterocycles. The molecule has 0 spiro atoms. The molecular weight excluding hydrogens is 947 g/mol. The maximum absolute atomic E-state index is 14.2. The Morgan fingerprint density at radius 1 is 0.630 bits per heavy atom. The predicted molar refractivity (Wildman–Crippen MR) is 290 cm³/mol. The number of anilines is 1. The number of pyridine rings is 1. The van der Waals surface area contributed by atoms with Gasteiger partial charge in [0.05, 0.1) is 51.6 Å². The third kappa shape index (κ3) is 21.9. The molecule has 412 valence electrons. The fourth-order valence-corrected chi connectivity index (χ4v) is 9.48. The zero-order valence-corrected chi connectivity index (χ0v) is 47.1. The average Bonchev–Trinajstić information content (AvgIpc) is 3.35. The van der Waals surface area contributed by atoms with E-state index >= 15 is 0 Å². The van der Waals surface area contributed by atoms with Gasteiger partial charge in [0.25, 0.3) is 0 Å². The van der Waals surface area contributed by atoms with Crippen molar-refractivity contribution in [2.75, 3.05) is 129 Å². The Morgan fingerprint density at radius 2 is 1.08 bits per heavy atom. The molecular formula is C55H93N7O10Si. The van der Waals surface area contributed by atoms with E-state index in [4.69, 9.17) is 23.9 Å². The number of aryl methyl sites for hydroxylation is 1. The molecule has 0 saturated carbocycles. The first-order valence-electron chi connectivity index (χ1n) is 27.7. The Hall–Kier alpha value is -4.20. The topological polar surface area (TPSA) is 175 Å². The Bertz CT molecular complexity index is 1950. The molecule has 0 aliphatic carbocycles. The molecule has 2 aromatic rings. The molecule has 1 aromatic carbocycles. The number of carbonyl (C=O) groups excluding carboxylic acids is 5. The summed E-state index contributed by atoms with van der Waals surface area (Å²) in [6.45, 7) is 23.6. The minimum Gasteiger partial charge on any atom is -0.465 e. The minimum atomic E-state index is -2.34. The van der Waals surface area contributed by atoms with Gasteiger partial charge < -0.3 is 33.5 Å². The summed E-state index contributed by atoms with van der Waals surface area (Å²) in [6, 6.07) is 9.79. The molecule has 18 heteroatoms. The molecule has 1 aromatic heterocycles. The summed E-state index contributed by atoms with van der Waals surface area (Å²) in [5, 5.41) is 0.932. The van der Waals surface area contributed by atoms with Crippen molar-refractivity contribution in [1.82, 2.24) is 29.5 Å². The lowest BCUT2D eigenvalue weighted by Gasteiger charge is -2.37. The van der Waals surface area contributed by atoms with Crippen LogP contribution >= 0.6 is 0 Å². The van der Waals surface area contributed by atoms with E-state index in [1.165, 1.54) is 0 Å². The minimum absolute atomic E-state index is 0.0246. The van der Waals surface area contributed by atoms with Gasteiger partial charge in [-0.15, -0.1) is 0 Å². The molecule has 1 atom stereocenters. The molecule has 3 heterocycles. The van der Waals surface area contributed by atoms with E-state index in [-0.39, 0.29) is 67.9 Å². The summed E-state index contributed by atoms with van der Waals surface area (Å²) in [6.07, 6.45) is 8.62. The van der Waals surface area contributed by atoms with Crippen LogP contribution < -0.4 is 4.90 Å². The number of ether oxygens (including phenoxy) is 4. The van der Waals surface area contributed by atoms with E-state index in [0.29, 0.717) is 105 Å². The summed E-state index contributed by atoms with van der Waals surface area (Å²) >= 11 is 0. The second kappa shape index (κ2) is 32.3. The first-order chi connectivity index (χ1) is 35.0. The molecule has 1 unspecified atom stereocenters. The standard InChI is InChI=1S/C55H93N7O10Si/c1-9-13-37-69-51(64)42-57-25-27-58(43-52(65)70-38-14-10-2)29-31-61(32-30-59(28-26-57)44-53(66)71-39-15-11-3)49(54(67)72-40-16-12-4)21-22-50(63)62-35-33-60(34-36-62)47-20-18-45-17-19-46(56-48(45)41-47)23-24-55(5,6)73(7,8)68/h17-20,41,49,68H,9-16,21-40,42-44H2,1-8H3. The molecule has 1 amide bonds. The second-order valence-electron chi connectivity index (χ2n) is 21.2. The number of benzene rings is 1. The number of hydrogen-bond acceptors (Lipinski definition) is 16. The van der Waals surface area contributed by atoms with Crippen LogP contribution in [0.5, 0.6) is 0 Å². The fourth-order valence-electron chi connectivity index (χ4n) is 8.74. The molecule has 2 aliphatic rings. The number of carbonyl (C=O) groups is 5. The summed E-state index contributed by atoms with van der Waals surface area (Å²) in [5.41, 5.74) is 3.00. The van der Waals surface area contributed by atoms with E-state index in [9.17, 15) is 28.8 Å². The first-order valence-corrected chi connectivity index (χ1v) is 30.6. The SMILES string of the molecule is CCCCOC(=O)CN1CCN(CC(=O)OCCCC)CCN(C(CCC(=O)N2CCN(c3ccc4ccc(CCC(C)(C)[Si](C)(C)O)nc4c3)CC2)C(=O)OCCCC)CCN(CC(=O)OCCCC)CC1. The Kier molecular flexibility index (Phi) is 27.1. The fraction of sp³-hybridized carbons (Fsp3) is 0.745. The van der Waals surface area contributed by atoms with Gasteiger partial charge in [-0.25, -0.2) is 0 Å². The van der Waals surface area contributed by atoms with Crippen molar-refractivity contribution in [2.24, 2.45) is 0 Å². The van der Waals surface area contributed by atoms with Gasteiger partial charge in [-0.05, 0) is 81.3 Å². The third-order valence-corrected chi connectivity index (χ3v) is 18.3. The molecule has 4 rings (SSSR count). The van der Waals surface area contributed by atoms with Crippen molar-refractivity contribution in [3.8, 4) is 0 Å². The number of rotatable bonds is 28. The van der Waals surface area contributed by atoms with Crippen molar-refractivity contribution >= 4 is 54.7 Å². The van der Waals surface area contributed by atoms with Crippen LogP contribution in [-0.4, -0.2) is 203 Å². The molecule has 1 N–H and O–H groups in total. The van der Waals surface area contributed by atoms with Crippen molar-refractivity contribution in [3.05, 3.63) is 36.0 Å². The van der Waals surface area contributed by atoms with Crippen molar-refractivity contribution in [3.63, 3.8) is 0 Å². The molecule has 2 aliphatic heterocycles. The van der Waals surface area contributed by atoms with Crippen molar-refractivity contribution < 1.29 is 47.7 Å². The summed E-state index contributed by atoms with van der Waals surface area (Å²) in [7, 11) is -2.34. The Labute approximate surface area is 438 Å². The zero-order chi connectivity index (χ0) is 53.2. The highest BCUT2D eigenvalue weighted by molar-refractivity contribution is 6.72. The van der Waals surface area contributed by atoms with Crippen LogP contribution in [0.4, 0.5) is 5.69 Å². The van der Waals surface area contributed by atoms with Crippen molar-refractivity contribution in [1.29, 1.82) is 0 Å². The average molecular weight is 1040 g/mol. The van der Waals surface area contributed by atoms with Gasteiger partial charge in [0.15, 0.2) is 8.32 Å². The van der Waals surface area contributed by atoms with E-state index < -0.39 is 20.3 Å². The highest BCUT2D eigenvalue weighted by Gasteiger charge is 2.38. The van der Waals surface area contributed by atoms with Crippen LogP contribution in [0.1, 0.15) is 118 Å². The number of hydrogen-bond donors (Lipinski definition) is 1. The predicted octanol–water partition coefficient (Wildman–Crippen LogP) is 6.54. The van der Waals surface area contributed by atoms with Crippen molar-refractivity contribution in [2.45, 2.75) is 143 Å². The van der Waals surface area contributed by atoms with Gasteiger partial charge in [0.2, 0.25) is 5.91 Å². The number of fused-ring (bicyclic) bond motifs is 1. The van der Waals surface area contributed by atoms with E-state index in [1.807, 2.05) is 60.4 Å². The lowest BCUT2D eigenvalue weighted by Crippen LogP contribution is -2.53. The largest absolute Gasteiger partial charge is 0.465 e. The Morgan fingerprint density at radius 3 is 1.55 bits per heavy atom. The van der Waals surface area contributed by atoms with Crippen LogP contribution in [0.15, 0.2) is 30.3 Å². The Balaban J connectivity index is 1.51. The normalized spacial score (nSPS) is 16.9. The third-order valence-electron chi connectivity index (χ3n) is 14.7. The number of unbranched alkanes of at least 4 members (excludes halogenated alkanes) is 4. The van der Waals surface area contributed by atoms with Crippen LogP contribution in [0, 0.1) is 0 Å². The lowest BCUT2D eigenvalue weighted by atomic mass is 10.0. The molecule has 0 radical (unpaired) electrons. The zero-order valence-electron chi connectivity index (χ0n) is 46.1. The van der Waals surface area contributed by atoms with Gasteiger partial charge in [-0.2, -0.15) is 0 Å². The van der Waals surface area contributed by atoms with E-state index in [0.717, 1.165) is 80.1 Å². The number of nitrogens with zero attached hydrogens (tertiary/aromatic N) is 7. The number of esters is 4. The highest BCUT2D eigenvalue weighted by atomic mass is 28.4. The summed E-state index contributed by atoms with van der Waals surface area (Å²) in [4.78, 5) is 95.9. The van der Waals surface area contributed by atoms with Crippen LogP contribution in [0.3, 0.4) is 0 Å². The van der Waals surface area contributed by atoms with Crippen LogP contribution in [0.25, 0.3) is 10.9 Å². The van der Waals surface area contributed by atoms with E-state index in [1.54, 1.807) is 0 Å². The lowest BCUT2D eigenvalue weighted by molar-refractivity contribution is -0.152.